The first-order valence-corrected chi connectivity index (χ1v) is 9.36. The lowest BCUT2D eigenvalue weighted by molar-refractivity contribution is 0.305. The lowest BCUT2D eigenvalue weighted by Crippen LogP contribution is -2.32. The first-order valence-electron chi connectivity index (χ1n) is 9.36. The molecule has 0 saturated heterocycles. The molecule has 2 aromatic rings. The van der Waals surface area contributed by atoms with Gasteiger partial charge in [0.05, 0.1) is 0 Å². The summed E-state index contributed by atoms with van der Waals surface area (Å²) < 4.78 is 0. The van der Waals surface area contributed by atoms with Crippen LogP contribution in [0.25, 0.3) is 0 Å². The zero-order valence-corrected chi connectivity index (χ0v) is 16.6. The Balaban J connectivity index is 0.00000151. The molecule has 0 aliphatic carbocycles. The summed E-state index contributed by atoms with van der Waals surface area (Å²) in [6.07, 6.45) is 3.21. The average molecular weight is 343 g/mol. The van der Waals surface area contributed by atoms with Gasteiger partial charge in [0.2, 0.25) is 0 Å². The van der Waals surface area contributed by atoms with Gasteiger partial charge in [-0.25, -0.2) is 0 Å². The Kier molecular flexibility index (Phi) is 7.54. The van der Waals surface area contributed by atoms with E-state index in [-0.39, 0.29) is 10.8 Å². The third-order valence-electron chi connectivity index (χ3n) is 4.85. The van der Waals surface area contributed by atoms with E-state index in [1.54, 1.807) is 24.3 Å². The van der Waals surface area contributed by atoms with Crippen LogP contribution < -0.4 is 0 Å². The van der Waals surface area contributed by atoms with Crippen molar-refractivity contribution in [3.63, 3.8) is 0 Å². The van der Waals surface area contributed by atoms with Crippen LogP contribution in [0, 0.1) is 0 Å². The van der Waals surface area contributed by atoms with E-state index >= 15 is 0 Å². The van der Waals surface area contributed by atoms with Crippen molar-refractivity contribution in [1.82, 2.24) is 0 Å². The summed E-state index contributed by atoms with van der Waals surface area (Å²) in [4.78, 5) is 0. The van der Waals surface area contributed by atoms with Crippen LogP contribution in [0.3, 0.4) is 0 Å². The minimum atomic E-state index is -0.00446. The van der Waals surface area contributed by atoms with Crippen molar-refractivity contribution in [3.8, 4) is 11.5 Å². The van der Waals surface area contributed by atoms with Crippen molar-refractivity contribution >= 4 is 0 Å². The maximum absolute atomic E-state index is 9.57. The summed E-state index contributed by atoms with van der Waals surface area (Å²) in [6, 6.07) is 15.2. The minimum Gasteiger partial charge on any atom is -0.508 e. The van der Waals surface area contributed by atoms with Crippen LogP contribution in [0.2, 0.25) is 0 Å². The number of phenolic OH excluding ortho intramolecular Hbond substituents is 2. The first kappa shape index (κ1) is 21.1. The number of phenols is 2. The molecule has 2 N–H and O–H groups in total. The van der Waals surface area contributed by atoms with Gasteiger partial charge in [-0.2, -0.15) is 0 Å². The molecule has 0 aromatic heterocycles. The summed E-state index contributed by atoms with van der Waals surface area (Å²) >= 11 is 0. The topological polar surface area (TPSA) is 40.5 Å². The molecule has 1 atom stereocenters. The molecule has 0 saturated carbocycles. The molecule has 2 rings (SSSR count). The molecule has 1 unspecified atom stereocenters. The van der Waals surface area contributed by atoms with E-state index in [1.807, 2.05) is 38.1 Å². The quantitative estimate of drug-likeness (QED) is 0.625. The molecular weight excluding hydrogens is 308 g/mol. The van der Waals surface area contributed by atoms with Crippen LogP contribution in [0.4, 0.5) is 0 Å². The second-order valence-electron chi connectivity index (χ2n) is 7.47. The molecule has 0 bridgehead atoms. The predicted molar refractivity (Wildman–Crippen MR) is 107 cm³/mol. The average Bonchev–Trinajstić information content (AvgIpc) is 2.57. The van der Waals surface area contributed by atoms with Crippen molar-refractivity contribution in [1.29, 1.82) is 0 Å². The molecular formula is C23H34O2. The van der Waals surface area contributed by atoms with Crippen molar-refractivity contribution in [3.05, 3.63) is 59.7 Å². The lowest BCUT2D eigenvalue weighted by Gasteiger charge is -2.38. The highest BCUT2D eigenvalue weighted by molar-refractivity contribution is 5.35. The highest BCUT2D eigenvalue weighted by atomic mass is 16.3. The highest BCUT2D eigenvalue weighted by Crippen LogP contribution is 2.42. The van der Waals surface area contributed by atoms with Crippen molar-refractivity contribution < 1.29 is 10.2 Å². The van der Waals surface area contributed by atoms with Gasteiger partial charge in [0.1, 0.15) is 11.5 Å². The van der Waals surface area contributed by atoms with E-state index in [9.17, 15) is 10.2 Å². The minimum absolute atomic E-state index is 0.00446. The molecule has 0 spiro atoms. The summed E-state index contributed by atoms with van der Waals surface area (Å²) in [5.41, 5.74) is 2.54. The van der Waals surface area contributed by atoms with Crippen LogP contribution >= 0.6 is 0 Å². The molecule has 2 aromatic carbocycles. The number of rotatable bonds is 6. The molecule has 138 valence electrons. The van der Waals surface area contributed by atoms with E-state index in [2.05, 4.69) is 27.7 Å². The van der Waals surface area contributed by atoms with Crippen LogP contribution in [-0.2, 0) is 10.8 Å². The largest absolute Gasteiger partial charge is 0.508 e. The first-order chi connectivity index (χ1) is 11.8. The smallest absolute Gasteiger partial charge is 0.115 e. The Bertz CT molecular complexity index is 626. The summed E-state index contributed by atoms with van der Waals surface area (Å²) in [7, 11) is 0. The van der Waals surface area contributed by atoms with Crippen LogP contribution in [0.5, 0.6) is 11.5 Å². The number of hydrogen-bond donors (Lipinski definition) is 2. The monoisotopic (exact) mass is 342 g/mol. The Labute approximate surface area is 153 Å². The van der Waals surface area contributed by atoms with Gasteiger partial charge in [0.15, 0.2) is 0 Å². The molecule has 2 nitrogen and oxygen atoms in total. The maximum Gasteiger partial charge on any atom is 0.115 e. The van der Waals surface area contributed by atoms with Crippen LogP contribution in [0.1, 0.15) is 71.9 Å². The molecule has 0 aliphatic heterocycles. The van der Waals surface area contributed by atoms with Crippen molar-refractivity contribution in [2.75, 3.05) is 0 Å². The van der Waals surface area contributed by atoms with Gasteiger partial charge in [0.25, 0.3) is 0 Å². The Morgan fingerprint density at radius 2 is 1.12 bits per heavy atom. The highest BCUT2D eigenvalue weighted by Gasteiger charge is 2.34. The van der Waals surface area contributed by atoms with Crippen LogP contribution in [-0.4, -0.2) is 10.2 Å². The van der Waals surface area contributed by atoms with Gasteiger partial charge in [-0.3, -0.25) is 0 Å². The molecule has 0 amide bonds. The van der Waals surface area contributed by atoms with E-state index in [4.69, 9.17) is 0 Å². The summed E-state index contributed by atoms with van der Waals surface area (Å²) in [5.74, 6) is 0.616. The van der Waals surface area contributed by atoms with Gasteiger partial charge in [0, 0.05) is 0 Å². The second kappa shape index (κ2) is 8.94. The molecule has 0 heterocycles. The molecule has 2 heteroatoms. The molecule has 25 heavy (non-hydrogen) atoms. The van der Waals surface area contributed by atoms with E-state index < -0.39 is 0 Å². The molecule has 0 radical (unpaired) electrons. The second-order valence-corrected chi connectivity index (χ2v) is 7.47. The zero-order chi connectivity index (χ0) is 19.1. The Morgan fingerprint density at radius 3 is 1.52 bits per heavy atom. The molecule has 0 fully saturated rings. The zero-order valence-electron chi connectivity index (χ0n) is 16.6. The normalized spacial score (nSPS) is 13.5. The fraction of sp³-hybridized carbons (Fsp3) is 0.478. The fourth-order valence-electron chi connectivity index (χ4n) is 3.74. The van der Waals surface area contributed by atoms with Gasteiger partial charge in [-0.1, -0.05) is 72.2 Å². The lowest BCUT2D eigenvalue weighted by atomic mass is 9.66. The number of hydrogen-bond acceptors (Lipinski definition) is 2. The summed E-state index contributed by atoms with van der Waals surface area (Å²) in [5, 5.41) is 19.1. The van der Waals surface area contributed by atoms with Crippen molar-refractivity contribution in [2.24, 2.45) is 0 Å². The van der Waals surface area contributed by atoms with E-state index in [0.717, 1.165) is 19.3 Å². The van der Waals surface area contributed by atoms with Gasteiger partial charge in [-0.05, 0) is 59.1 Å². The maximum atomic E-state index is 9.57. The van der Waals surface area contributed by atoms with E-state index in [1.165, 1.54) is 11.1 Å². The fourth-order valence-corrected chi connectivity index (χ4v) is 3.74. The number of aromatic hydroxyl groups is 2. The molecule has 0 aliphatic rings. The van der Waals surface area contributed by atoms with Crippen LogP contribution in [0.15, 0.2) is 48.5 Å². The van der Waals surface area contributed by atoms with Gasteiger partial charge >= 0.3 is 0 Å². The van der Waals surface area contributed by atoms with Gasteiger partial charge < -0.3 is 10.2 Å². The van der Waals surface area contributed by atoms with Gasteiger partial charge in [-0.15, -0.1) is 0 Å². The third kappa shape index (κ3) is 5.52. The standard InChI is InChI=1S/C21H28O2.C2H6/c1-5-14-21(4,17-8-12-19(23)13-9-17)15-20(2,3)16-6-10-18(22)11-7-16;1-2/h6-13,22-23H,5,14-15H2,1-4H3;1-2H3. The van der Waals surface area contributed by atoms with E-state index in [0.29, 0.717) is 11.5 Å². The SMILES string of the molecule is CC.CCCC(C)(CC(C)(C)c1ccc(O)cc1)c1ccc(O)cc1. The summed E-state index contributed by atoms with van der Waals surface area (Å²) in [6.45, 7) is 13.0. The Hall–Kier alpha value is -1.96. The Morgan fingerprint density at radius 1 is 0.720 bits per heavy atom. The predicted octanol–water partition coefficient (Wildman–Crippen LogP) is 6.55. The third-order valence-corrected chi connectivity index (χ3v) is 4.85. The number of benzene rings is 2. The van der Waals surface area contributed by atoms with Crippen molar-refractivity contribution in [2.45, 2.75) is 71.6 Å².